The molecule has 0 aromatic carbocycles. The highest BCUT2D eigenvalue weighted by atomic mass is 32.2. The van der Waals surface area contributed by atoms with E-state index in [2.05, 4.69) is 8.37 Å². The van der Waals surface area contributed by atoms with Gasteiger partial charge in [0, 0.05) is 0 Å². The van der Waals surface area contributed by atoms with Gasteiger partial charge >= 0.3 is 31.3 Å². The molecule has 0 aromatic heterocycles. The van der Waals surface area contributed by atoms with E-state index in [-0.39, 0.29) is 0 Å². The van der Waals surface area contributed by atoms with Gasteiger partial charge in [-0.05, 0) is 12.8 Å². The Labute approximate surface area is 122 Å². The van der Waals surface area contributed by atoms with E-state index in [4.69, 9.17) is 0 Å². The molecule has 0 rings (SSSR count). The Morgan fingerprint density at radius 3 is 1.32 bits per heavy atom. The van der Waals surface area contributed by atoms with Gasteiger partial charge in [0.25, 0.3) is 0 Å². The van der Waals surface area contributed by atoms with Crippen molar-refractivity contribution in [3.05, 3.63) is 0 Å². The highest BCUT2D eigenvalue weighted by Crippen LogP contribution is 2.31. The zero-order valence-corrected chi connectivity index (χ0v) is 12.9. The molecule has 0 amide bonds. The predicted molar refractivity (Wildman–Crippen MR) is 60.2 cm³/mol. The lowest BCUT2D eigenvalue weighted by Gasteiger charge is -2.27. The van der Waals surface area contributed by atoms with E-state index in [1.807, 2.05) is 0 Å². The van der Waals surface area contributed by atoms with Gasteiger partial charge in [0.2, 0.25) is 0 Å². The summed E-state index contributed by atoms with van der Waals surface area (Å²) < 4.78 is 124. The standard InChI is InChI=1S/C8H12F6O6S2/c1-4(2)6(20-22(17,18)8(12,13)14)5(3)19-21(15,16)7(9,10)11/h4-6H,1-3H3. The van der Waals surface area contributed by atoms with Gasteiger partial charge in [0.15, 0.2) is 0 Å². The molecule has 0 saturated heterocycles. The first-order valence-corrected chi connectivity index (χ1v) is 8.23. The van der Waals surface area contributed by atoms with E-state index in [0.717, 1.165) is 13.8 Å². The summed E-state index contributed by atoms with van der Waals surface area (Å²) >= 11 is 0. The molecule has 0 radical (unpaired) electrons. The maximum Gasteiger partial charge on any atom is 0.523 e. The van der Waals surface area contributed by atoms with Crippen molar-refractivity contribution >= 4 is 20.2 Å². The number of hydrogen-bond acceptors (Lipinski definition) is 6. The lowest BCUT2D eigenvalue weighted by Crippen LogP contribution is -2.42. The highest BCUT2D eigenvalue weighted by Gasteiger charge is 2.52. The summed E-state index contributed by atoms with van der Waals surface area (Å²) in [6.45, 7) is 2.85. The van der Waals surface area contributed by atoms with Crippen molar-refractivity contribution in [1.29, 1.82) is 0 Å². The Balaban J connectivity index is 5.40. The highest BCUT2D eigenvalue weighted by molar-refractivity contribution is 7.88. The van der Waals surface area contributed by atoms with Crippen LogP contribution < -0.4 is 0 Å². The van der Waals surface area contributed by atoms with E-state index < -0.39 is 49.4 Å². The zero-order valence-electron chi connectivity index (χ0n) is 11.3. The summed E-state index contributed by atoms with van der Waals surface area (Å²) in [5.41, 5.74) is -11.6. The predicted octanol–water partition coefficient (Wildman–Crippen LogP) is 2.13. The first-order chi connectivity index (χ1) is 9.42. The first kappa shape index (κ1) is 21.4. The maximum atomic E-state index is 12.2. The van der Waals surface area contributed by atoms with Crippen LogP contribution in [0.3, 0.4) is 0 Å². The average molecular weight is 382 g/mol. The lowest BCUT2D eigenvalue weighted by molar-refractivity contribution is -0.0729. The molecule has 6 nitrogen and oxygen atoms in total. The molecule has 0 aliphatic carbocycles. The van der Waals surface area contributed by atoms with Gasteiger partial charge in [-0.2, -0.15) is 43.2 Å². The Morgan fingerprint density at radius 1 is 0.727 bits per heavy atom. The quantitative estimate of drug-likeness (QED) is 0.397. The minimum Gasteiger partial charge on any atom is -0.257 e. The monoisotopic (exact) mass is 382 g/mol. The van der Waals surface area contributed by atoms with Crippen LogP contribution in [-0.2, 0) is 28.6 Å². The smallest absolute Gasteiger partial charge is 0.257 e. The second-order valence-electron chi connectivity index (χ2n) is 4.41. The number of halogens is 6. The van der Waals surface area contributed by atoms with Crippen LogP contribution in [0.5, 0.6) is 0 Å². The Kier molecular flexibility index (Phi) is 6.31. The summed E-state index contributed by atoms with van der Waals surface area (Å²) in [4.78, 5) is 0. The van der Waals surface area contributed by atoms with E-state index in [1.54, 1.807) is 0 Å². The number of rotatable bonds is 6. The summed E-state index contributed by atoms with van der Waals surface area (Å²) in [6, 6.07) is 0. The third kappa shape index (κ3) is 5.24. The minimum absolute atomic E-state index is 0.639. The molecule has 2 atom stereocenters. The average Bonchev–Trinajstić information content (AvgIpc) is 2.21. The molecular formula is C8H12F6O6S2. The normalized spacial score (nSPS) is 17.5. The molecule has 134 valence electrons. The molecular weight excluding hydrogens is 370 g/mol. The van der Waals surface area contributed by atoms with Gasteiger partial charge < -0.3 is 0 Å². The van der Waals surface area contributed by atoms with Crippen LogP contribution >= 0.6 is 0 Å². The number of alkyl halides is 6. The number of hydrogen-bond donors (Lipinski definition) is 0. The van der Waals surface area contributed by atoms with E-state index in [9.17, 15) is 43.2 Å². The molecule has 0 N–H and O–H groups in total. The van der Waals surface area contributed by atoms with Crippen LogP contribution in [0.25, 0.3) is 0 Å². The van der Waals surface area contributed by atoms with Crippen molar-refractivity contribution in [1.82, 2.24) is 0 Å². The summed E-state index contributed by atoms with van der Waals surface area (Å²) in [5, 5.41) is 0. The van der Waals surface area contributed by atoms with E-state index >= 15 is 0 Å². The van der Waals surface area contributed by atoms with E-state index in [1.165, 1.54) is 0 Å². The lowest BCUT2D eigenvalue weighted by atomic mass is 10.0. The van der Waals surface area contributed by atoms with Gasteiger partial charge in [-0.15, -0.1) is 0 Å². The topological polar surface area (TPSA) is 86.7 Å². The van der Waals surface area contributed by atoms with Crippen molar-refractivity contribution < 1.29 is 51.5 Å². The first-order valence-electron chi connectivity index (χ1n) is 5.41. The summed E-state index contributed by atoms with van der Waals surface area (Å²) in [5.74, 6) is -1.10. The molecule has 0 aliphatic heterocycles. The van der Waals surface area contributed by atoms with Gasteiger partial charge in [0.05, 0.1) is 0 Å². The molecule has 0 bridgehead atoms. The molecule has 0 saturated carbocycles. The Hall–Kier alpha value is -0.600. The molecule has 0 spiro atoms. The van der Waals surface area contributed by atoms with Crippen LogP contribution in [0.1, 0.15) is 20.8 Å². The van der Waals surface area contributed by atoms with Crippen molar-refractivity contribution in [3.63, 3.8) is 0 Å². The van der Waals surface area contributed by atoms with Crippen molar-refractivity contribution in [2.75, 3.05) is 0 Å². The second-order valence-corrected chi connectivity index (χ2v) is 7.53. The molecule has 0 aliphatic rings. The maximum absolute atomic E-state index is 12.2. The van der Waals surface area contributed by atoms with Gasteiger partial charge in [-0.1, -0.05) is 13.8 Å². The molecule has 0 heterocycles. The fraction of sp³-hybridized carbons (Fsp3) is 1.00. The fourth-order valence-corrected chi connectivity index (χ4v) is 2.64. The molecule has 2 unspecified atom stereocenters. The zero-order chi connectivity index (χ0) is 18.1. The van der Waals surface area contributed by atoms with Gasteiger partial charge in [-0.25, -0.2) is 0 Å². The third-order valence-electron chi connectivity index (χ3n) is 2.20. The molecule has 22 heavy (non-hydrogen) atoms. The summed E-state index contributed by atoms with van der Waals surface area (Å²) in [7, 11) is -12.3. The second kappa shape index (κ2) is 6.49. The Morgan fingerprint density at radius 2 is 1.05 bits per heavy atom. The van der Waals surface area contributed by atoms with Gasteiger partial charge in [-0.3, -0.25) is 8.37 Å². The minimum atomic E-state index is -6.13. The largest absolute Gasteiger partial charge is 0.523 e. The van der Waals surface area contributed by atoms with Crippen molar-refractivity contribution in [2.24, 2.45) is 5.92 Å². The summed E-state index contributed by atoms with van der Waals surface area (Å²) in [6.07, 6.45) is -4.24. The SMILES string of the molecule is CC(C)C(OS(=O)(=O)C(F)(F)F)C(C)OS(=O)(=O)C(F)(F)F. The van der Waals surface area contributed by atoms with Crippen LogP contribution in [0, 0.1) is 5.92 Å². The van der Waals surface area contributed by atoms with Crippen LogP contribution in [0.15, 0.2) is 0 Å². The van der Waals surface area contributed by atoms with Crippen molar-refractivity contribution in [2.45, 2.75) is 44.0 Å². The van der Waals surface area contributed by atoms with Crippen molar-refractivity contribution in [3.8, 4) is 0 Å². The molecule has 0 fully saturated rings. The fourth-order valence-electron chi connectivity index (χ4n) is 1.24. The Bertz CT molecular complexity index is 575. The molecule has 14 heteroatoms. The third-order valence-corrected chi connectivity index (χ3v) is 4.37. The van der Waals surface area contributed by atoms with Crippen LogP contribution in [-0.4, -0.2) is 40.1 Å². The van der Waals surface area contributed by atoms with E-state index in [0.29, 0.717) is 6.92 Å². The van der Waals surface area contributed by atoms with Crippen LogP contribution in [0.4, 0.5) is 26.3 Å². The van der Waals surface area contributed by atoms with Crippen LogP contribution in [0.2, 0.25) is 0 Å². The van der Waals surface area contributed by atoms with Gasteiger partial charge in [0.1, 0.15) is 12.2 Å². The molecule has 0 aromatic rings.